The molecular weight excluding hydrogens is 512 g/mol. The molecule has 1 aliphatic rings. The summed E-state index contributed by atoms with van der Waals surface area (Å²) in [5.74, 6) is -3.81. The van der Waals surface area contributed by atoms with Crippen molar-refractivity contribution in [2.75, 3.05) is 41.2 Å². The van der Waals surface area contributed by atoms with Crippen molar-refractivity contribution in [2.45, 2.75) is 19.9 Å². The summed E-state index contributed by atoms with van der Waals surface area (Å²) in [5.41, 5.74) is 0.124. The number of halogens is 4. The highest BCUT2D eigenvalue weighted by Crippen LogP contribution is 2.40. The topological polar surface area (TPSA) is 109 Å². The van der Waals surface area contributed by atoms with Crippen LogP contribution in [-0.2, 0) is 11.3 Å². The molecule has 1 aliphatic heterocycles. The fraction of sp³-hybridized carbons (Fsp3) is 0.250. The number of amides is 3. The molecule has 14 heteroatoms. The minimum atomic E-state index is -2.99. The lowest BCUT2D eigenvalue weighted by Crippen LogP contribution is -2.50. The first-order valence-electron chi connectivity index (χ1n) is 11.1. The number of carbonyl (C=O) groups excluding carboxylic acids is 2. The second-order valence-electron chi connectivity index (χ2n) is 8.02. The number of methoxy groups -OCH3 is 2. The van der Waals surface area contributed by atoms with Gasteiger partial charge >= 0.3 is 6.03 Å². The second-order valence-corrected chi connectivity index (χ2v) is 8.02. The van der Waals surface area contributed by atoms with E-state index in [1.165, 1.54) is 13.1 Å². The van der Waals surface area contributed by atoms with Crippen molar-refractivity contribution in [3.05, 3.63) is 53.7 Å². The molecule has 0 radical (unpaired) electrons. The number of hydrogen-bond donors (Lipinski definition) is 2. The number of carbonyl (C=O) groups is 2. The zero-order valence-electron chi connectivity index (χ0n) is 20.4. The van der Waals surface area contributed by atoms with Crippen LogP contribution < -0.4 is 29.9 Å². The van der Waals surface area contributed by atoms with Gasteiger partial charge in [-0.2, -0.15) is 4.98 Å². The van der Waals surface area contributed by atoms with E-state index in [9.17, 15) is 18.4 Å². The molecule has 3 aromatic rings. The Bertz CT molecular complexity index is 1360. The van der Waals surface area contributed by atoms with E-state index >= 15 is 8.78 Å². The Morgan fingerprint density at radius 3 is 2.32 bits per heavy atom. The Morgan fingerprint density at radius 1 is 1.11 bits per heavy atom. The Kier molecular flexibility index (Phi) is 7.50. The quantitative estimate of drug-likeness (QED) is 0.404. The minimum absolute atomic E-state index is 0.0671. The number of nitrogens with one attached hydrogen (secondary N) is 2. The molecule has 1 aromatic heterocycles. The van der Waals surface area contributed by atoms with Crippen molar-refractivity contribution in [2.24, 2.45) is 0 Å². The van der Waals surface area contributed by atoms with E-state index in [4.69, 9.17) is 9.47 Å². The lowest BCUT2D eigenvalue weighted by atomic mass is 10.1. The largest absolute Gasteiger partial charge is 0.493 e. The van der Waals surface area contributed by atoms with Crippen molar-refractivity contribution in [3.63, 3.8) is 0 Å². The molecule has 0 unspecified atom stereocenters. The van der Waals surface area contributed by atoms with Gasteiger partial charge in [0.15, 0.2) is 23.1 Å². The zero-order chi connectivity index (χ0) is 27.6. The van der Waals surface area contributed by atoms with E-state index < -0.39 is 54.4 Å². The average Bonchev–Trinajstić information content (AvgIpc) is 2.87. The molecule has 0 saturated heterocycles. The Labute approximate surface area is 214 Å². The molecule has 4 rings (SSSR count). The SMILES string of the molecule is COc1cc(OC)c(F)c(N2Cc3cnc(Nc4ccccc4NC(C)=O)nc3N(CC(F)F)C2=O)c1F. The van der Waals surface area contributed by atoms with Gasteiger partial charge in [-0.1, -0.05) is 12.1 Å². The van der Waals surface area contributed by atoms with Crippen LogP contribution in [0.3, 0.4) is 0 Å². The number of aromatic nitrogens is 2. The monoisotopic (exact) mass is 534 g/mol. The van der Waals surface area contributed by atoms with Crippen LogP contribution in [0.1, 0.15) is 12.5 Å². The van der Waals surface area contributed by atoms with Crippen molar-refractivity contribution in [1.82, 2.24) is 9.97 Å². The molecular formula is C24H22F4N6O4. The number of alkyl halides is 2. The van der Waals surface area contributed by atoms with Gasteiger partial charge in [-0.15, -0.1) is 0 Å². The molecule has 0 spiro atoms. The van der Waals surface area contributed by atoms with Crippen LogP contribution >= 0.6 is 0 Å². The van der Waals surface area contributed by atoms with Gasteiger partial charge in [-0.05, 0) is 12.1 Å². The lowest BCUT2D eigenvalue weighted by molar-refractivity contribution is -0.114. The number of rotatable bonds is 8. The molecule has 0 atom stereocenters. The Morgan fingerprint density at radius 2 is 1.74 bits per heavy atom. The highest BCUT2D eigenvalue weighted by atomic mass is 19.3. The number of hydrogen-bond acceptors (Lipinski definition) is 7. The summed E-state index contributed by atoms with van der Waals surface area (Å²) in [7, 11) is 2.28. The first-order chi connectivity index (χ1) is 18.1. The standard InChI is InChI=1S/C24H22F4N6O4/c1-12(35)30-14-6-4-5-7-15(14)31-23-29-9-13-10-33(24(36)34(11-18(25)26)22(13)32-23)21-19(27)16(37-2)8-17(38-3)20(21)28/h4-9,18H,10-11H2,1-3H3,(H,30,35)(H,29,31,32). The van der Waals surface area contributed by atoms with Crippen LogP contribution in [0.2, 0.25) is 0 Å². The molecule has 3 amide bonds. The van der Waals surface area contributed by atoms with E-state index in [0.29, 0.717) is 21.2 Å². The molecule has 200 valence electrons. The third kappa shape index (κ3) is 5.10. The van der Waals surface area contributed by atoms with Crippen molar-refractivity contribution in [3.8, 4) is 11.5 Å². The number of para-hydroxylation sites is 2. The fourth-order valence-electron chi connectivity index (χ4n) is 3.88. The number of anilines is 5. The fourth-order valence-corrected chi connectivity index (χ4v) is 3.88. The molecule has 0 fully saturated rings. The molecule has 10 nitrogen and oxygen atoms in total. The maximum absolute atomic E-state index is 15.2. The van der Waals surface area contributed by atoms with E-state index in [1.54, 1.807) is 24.3 Å². The molecule has 38 heavy (non-hydrogen) atoms. The van der Waals surface area contributed by atoms with Gasteiger partial charge in [0.25, 0.3) is 6.43 Å². The predicted octanol–water partition coefficient (Wildman–Crippen LogP) is 4.69. The molecule has 0 aliphatic carbocycles. The van der Waals surface area contributed by atoms with Crippen LogP contribution in [-0.4, -0.2) is 49.1 Å². The first-order valence-corrected chi connectivity index (χ1v) is 11.1. The van der Waals surface area contributed by atoms with Gasteiger partial charge in [0.2, 0.25) is 11.9 Å². The van der Waals surface area contributed by atoms with Gasteiger partial charge in [-0.25, -0.2) is 27.3 Å². The van der Waals surface area contributed by atoms with Crippen LogP contribution in [0.5, 0.6) is 11.5 Å². The predicted molar refractivity (Wildman–Crippen MR) is 130 cm³/mol. The Hall–Kier alpha value is -4.62. The smallest absolute Gasteiger partial charge is 0.330 e. The van der Waals surface area contributed by atoms with E-state index in [-0.39, 0.29) is 23.2 Å². The van der Waals surface area contributed by atoms with Gasteiger partial charge in [0.05, 0.1) is 38.7 Å². The highest BCUT2D eigenvalue weighted by Gasteiger charge is 2.38. The maximum atomic E-state index is 15.2. The summed E-state index contributed by atoms with van der Waals surface area (Å²) in [6.07, 6.45) is -1.75. The Balaban J connectivity index is 1.77. The molecule has 2 N–H and O–H groups in total. The summed E-state index contributed by atoms with van der Waals surface area (Å²) in [4.78, 5) is 34.5. The summed E-state index contributed by atoms with van der Waals surface area (Å²) in [5, 5.41) is 5.51. The van der Waals surface area contributed by atoms with E-state index in [0.717, 1.165) is 20.3 Å². The number of urea groups is 1. The highest BCUT2D eigenvalue weighted by molar-refractivity contribution is 6.06. The van der Waals surface area contributed by atoms with Crippen LogP contribution in [0.15, 0.2) is 36.5 Å². The molecule has 0 saturated carbocycles. The van der Waals surface area contributed by atoms with Gasteiger partial charge in [-0.3, -0.25) is 14.6 Å². The first kappa shape index (κ1) is 26.4. The molecule has 2 aromatic carbocycles. The van der Waals surface area contributed by atoms with Crippen LogP contribution in [0, 0.1) is 11.6 Å². The third-order valence-corrected chi connectivity index (χ3v) is 5.51. The van der Waals surface area contributed by atoms with Crippen LogP contribution in [0.25, 0.3) is 0 Å². The summed E-state index contributed by atoms with van der Waals surface area (Å²) in [6.45, 7) is -0.207. The van der Waals surface area contributed by atoms with Crippen LogP contribution in [0.4, 0.5) is 51.2 Å². The zero-order valence-corrected chi connectivity index (χ0v) is 20.4. The minimum Gasteiger partial charge on any atom is -0.493 e. The molecule has 2 heterocycles. The van der Waals surface area contributed by atoms with Gasteiger partial charge in [0, 0.05) is 24.8 Å². The number of benzene rings is 2. The lowest BCUT2D eigenvalue weighted by Gasteiger charge is -2.36. The average molecular weight is 534 g/mol. The summed E-state index contributed by atoms with van der Waals surface area (Å²) < 4.78 is 67.2. The molecule has 0 bridgehead atoms. The van der Waals surface area contributed by atoms with E-state index in [2.05, 4.69) is 20.6 Å². The second kappa shape index (κ2) is 10.8. The van der Waals surface area contributed by atoms with Crippen molar-refractivity contribution < 1.29 is 36.6 Å². The van der Waals surface area contributed by atoms with Gasteiger partial charge in [0.1, 0.15) is 11.5 Å². The van der Waals surface area contributed by atoms with Crippen molar-refractivity contribution in [1.29, 1.82) is 0 Å². The number of nitrogens with zero attached hydrogens (tertiary/aromatic N) is 4. The number of fused-ring (bicyclic) bond motifs is 1. The van der Waals surface area contributed by atoms with Crippen molar-refractivity contribution >= 4 is 40.8 Å². The van der Waals surface area contributed by atoms with E-state index in [1.807, 2.05) is 0 Å². The summed E-state index contributed by atoms with van der Waals surface area (Å²) >= 11 is 0. The summed E-state index contributed by atoms with van der Waals surface area (Å²) in [6, 6.07) is 6.44. The third-order valence-electron chi connectivity index (χ3n) is 5.51. The maximum Gasteiger partial charge on any atom is 0.330 e. The number of ether oxygens (including phenoxy) is 2. The normalized spacial score (nSPS) is 12.9. The van der Waals surface area contributed by atoms with Gasteiger partial charge < -0.3 is 20.1 Å².